The fraction of sp³-hybridized carbons (Fsp3) is 0.438. The molecule has 1 heterocycles. The van der Waals surface area contributed by atoms with Crippen LogP contribution in [-0.4, -0.2) is 31.2 Å². The molecule has 0 spiro atoms. The highest BCUT2D eigenvalue weighted by molar-refractivity contribution is 5.97. The summed E-state index contributed by atoms with van der Waals surface area (Å²) in [4.78, 5) is 35.9. The lowest BCUT2D eigenvalue weighted by Gasteiger charge is -2.10. The Bertz CT molecular complexity index is 554. The second kappa shape index (κ2) is 7.02. The lowest BCUT2D eigenvalue weighted by Crippen LogP contribution is -2.25. The maximum absolute atomic E-state index is 12.1. The predicted octanol–water partition coefficient (Wildman–Crippen LogP) is 1.69. The first-order valence-corrected chi connectivity index (χ1v) is 7.30. The maximum atomic E-state index is 12.1. The summed E-state index contributed by atoms with van der Waals surface area (Å²) in [7, 11) is 0. The highest BCUT2D eigenvalue weighted by Gasteiger charge is 2.19. The number of nitrogens with zero attached hydrogens (tertiary/aromatic N) is 1. The van der Waals surface area contributed by atoms with Crippen molar-refractivity contribution in [1.82, 2.24) is 5.32 Å². The summed E-state index contributed by atoms with van der Waals surface area (Å²) in [6.07, 6.45) is 3.19. The van der Waals surface area contributed by atoms with Gasteiger partial charge in [0.05, 0.1) is 0 Å². The molecule has 5 heteroatoms. The Hall–Kier alpha value is -2.17. The zero-order valence-corrected chi connectivity index (χ0v) is 12.2. The number of carbonyl (C=O) groups excluding carboxylic acids is 3. The van der Waals surface area contributed by atoms with Gasteiger partial charge in [-0.2, -0.15) is 0 Å². The topological polar surface area (TPSA) is 66.5 Å². The summed E-state index contributed by atoms with van der Waals surface area (Å²) < 4.78 is 0. The van der Waals surface area contributed by atoms with Crippen molar-refractivity contribution in [3.05, 3.63) is 29.3 Å². The van der Waals surface area contributed by atoms with Crippen LogP contribution in [0.3, 0.4) is 0 Å². The van der Waals surface area contributed by atoms with Crippen LogP contribution < -0.4 is 10.2 Å². The van der Waals surface area contributed by atoms with E-state index in [4.69, 9.17) is 0 Å². The Labute approximate surface area is 124 Å². The van der Waals surface area contributed by atoms with E-state index in [0.717, 1.165) is 30.5 Å². The second-order valence-corrected chi connectivity index (χ2v) is 5.17. The number of nitrogens with one attached hydrogen (secondary N) is 1. The molecule has 0 radical (unpaired) electrons. The van der Waals surface area contributed by atoms with Crippen molar-refractivity contribution >= 4 is 23.8 Å². The van der Waals surface area contributed by atoms with Crippen LogP contribution in [0.15, 0.2) is 18.2 Å². The van der Waals surface area contributed by atoms with Gasteiger partial charge in [0.25, 0.3) is 0 Å². The molecular formula is C16H20N2O3. The van der Waals surface area contributed by atoms with Crippen LogP contribution in [0.4, 0.5) is 5.69 Å². The molecule has 0 bridgehead atoms. The highest BCUT2D eigenvalue weighted by Crippen LogP contribution is 2.27. The first-order valence-electron chi connectivity index (χ1n) is 7.30. The average Bonchev–Trinajstić information content (AvgIpc) is 2.89. The number of rotatable bonds is 7. The summed E-state index contributed by atoms with van der Waals surface area (Å²) in [5.74, 6) is 0.0000275. The van der Waals surface area contributed by atoms with E-state index in [1.165, 1.54) is 0 Å². The number of ketones is 1. The smallest absolute Gasteiger partial charge is 0.219 e. The first kappa shape index (κ1) is 15.2. The standard InChI is InChI=1S/C16H20N2O3/c1-2-3-16(21)17-8-6-15(20)13-4-5-14-12(10-13)7-9-18(14)11-19/h4-5,10-11H,2-3,6-9H2,1H3,(H,17,21). The predicted molar refractivity (Wildman–Crippen MR) is 80.4 cm³/mol. The lowest BCUT2D eigenvalue weighted by molar-refractivity contribution is -0.121. The van der Waals surface area contributed by atoms with Crippen molar-refractivity contribution in [3.63, 3.8) is 0 Å². The summed E-state index contributed by atoms with van der Waals surface area (Å²) >= 11 is 0. The number of anilines is 1. The van der Waals surface area contributed by atoms with Crippen LogP contribution in [0.25, 0.3) is 0 Å². The van der Waals surface area contributed by atoms with Gasteiger partial charge in [0.15, 0.2) is 5.78 Å². The van der Waals surface area contributed by atoms with Gasteiger partial charge in [-0.25, -0.2) is 0 Å². The molecule has 2 rings (SSSR count). The zero-order chi connectivity index (χ0) is 15.2. The maximum Gasteiger partial charge on any atom is 0.219 e. The Kier molecular flexibility index (Phi) is 5.09. The first-order chi connectivity index (χ1) is 10.2. The minimum atomic E-state index is -0.0131. The molecule has 0 aromatic heterocycles. The third kappa shape index (κ3) is 3.68. The molecular weight excluding hydrogens is 268 g/mol. The lowest BCUT2D eigenvalue weighted by atomic mass is 10.0. The molecule has 0 fully saturated rings. The monoisotopic (exact) mass is 288 g/mol. The minimum absolute atomic E-state index is 0.0131. The largest absolute Gasteiger partial charge is 0.356 e. The van der Waals surface area contributed by atoms with Gasteiger partial charge in [-0.05, 0) is 36.6 Å². The van der Waals surface area contributed by atoms with Crippen molar-refractivity contribution in [3.8, 4) is 0 Å². The van der Waals surface area contributed by atoms with Gasteiger partial charge in [-0.1, -0.05) is 6.92 Å². The molecule has 1 N–H and O–H groups in total. The molecule has 1 aliphatic rings. The Morgan fingerprint density at radius 3 is 2.86 bits per heavy atom. The van der Waals surface area contributed by atoms with Crippen molar-refractivity contribution in [2.24, 2.45) is 0 Å². The third-order valence-corrected chi connectivity index (χ3v) is 3.61. The van der Waals surface area contributed by atoms with E-state index in [1.54, 1.807) is 11.0 Å². The van der Waals surface area contributed by atoms with Crippen molar-refractivity contribution in [2.75, 3.05) is 18.0 Å². The van der Waals surface area contributed by atoms with E-state index >= 15 is 0 Å². The van der Waals surface area contributed by atoms with E-state index in [9.17, 15) is 14.4 Å². The second-order valence-electron chi connectivity index (χ2n) is 5.17. The fourth-order valence-electron chi connectivity index (χ4n) is 2.49. The molecule has 21 heavy (non-hydrogen) atoms. The quantitative estimate of drug-likeness (QED) is 0.613. The van der Waals surface area contributed by atoms with Crippen LogP contribution in [-0.2, 0) is 16.0 Å². The highest BCUT2D eigenvalue weighted by atomic mass is 16.2. The van der Waals surface area contributed by atoms with Gasteiger partial charge < -0.3 is 10.2 Å². The Morgan fingerprint density at radius 2 is 2.14 bits per heavy atom. The molecule has 112 valence electrons. The Morgan fingerprint density at radius 1 is 1.33 bits per heavy atom. The summed E-state index contributed by atoms with van der Waals surface area (Å²) in [6.45, 7) is 2.98. The molecule has 0 aliphatic carbocycles. The van der Waals surface area contributed by atoms with Crippen LogP contribution in [0.1, 0.15) is 42.1 Å². The normalized spacial score (nSPS) is 12.9. The van der Waals surface area contributed by atoms with Gasteiger partial charge in [-0.3, -0.25) is 14.4 Å². The molecule has 1 aromatic carbocycles. The molecule has 0 saturated carbocycles. The van der Waals surface area contributed by atoms with Gasteiger partial charge in [0.2, 0.25) is 12.3 Å². The van der Waals surface area contributed by atoms with Crippen molar-refractivity contribution in [2.45, 2.75) is 32.6 Å². The van der Waals surface area contributed by atoms with Crippen molar-refractivity contribution in [1.29, 1.82) is 0 Å². The number of Topliss-reactive ketones (excluding diaryl/α,β-unsaturated/α-hetero) is 1. The van der Waals surface area contributed by atoms with Gasteiger partial charge in [-0.15, -0.1) is 0 Å². The third-order valence-electron chi connectivity index (χ3n) is 3.61. The van der Waals surface area contributed by atoms with E-state index in [2.05, 4.69) is 5.32 Å². The summed E-state index contributed by atoms with van der Waals surface area (Å²) in [5.41, 5.74) is 2.56. The van der Waals surface area contributed by atoms with Gasteiger partial charge in [0.1, 0.15) is 0 Å². The van der Waals surface area contributed by atoms with E-state index in [0.29, 0.717) is 31.5 Å². The average molecular weight is 288 g/mol. The van der Waals surface area contributed by atoms with Crippen LogP contribution in [0, 0.1) is 0 Å². The van der Waals surface area contributed by atoms with Gasteiger partial charge in [0, 0.05) is 37.2 Å². The molecule has 0 atom stereocenters. The summed E-state index contributed by atoms with van der Waals surface area (Å²) in [5, 5.41) is 2.74. The number of fused-ring (bicyclic) bond motifs is 1. The zero-order valence-electron chi connectivity index (χ0n) is 12.2. The van der Waals surface area contributed by atoms with E-state index < -0.39 is 0 Å². The number of hydrogen-bond donors (Lipinski definition) is 1. The van der Waals surface area contributed by atoms with Crippen LogP contribution in [0.5, 0.6) is 0 Å². The van der Waals surface area contributed by atoms with Crippen molar-refractivity contribution < 1.29 is 14.4 Å². The molecule has 5 nitrogen and oxygen atoms in total. The minimum Gasteiger partial charge on any atom is -0.356 e. The van der Waals surface area contributed by atoms with Crippen LogP contribution >= 0.6 is 0 Å². The number of benzene rings is 1. The molecule has 1 aliphatic heterocycles. The van der Waals surface area contributed by atoms with E-state index in [-0.39, 0.29) is 11.7 Å². The molecule has 2 amide bonds. The fourth-order valence-corrected chi connectivity index (χ4v) is 2.49. The van der Waals surface area contributed by atoms with Crippen LogP contribution in [0.2, 0.25) is 0 Å². The number of amides is 2. The molecule has 0 unspecified atom stereocenters. The molecule has 1 aromatic rings. The SMILES string of the molecule is CCCC(=O)NCCC(=O)c1ccc2c(c1)CCN2C=O. The summed E-state index contributed by atoms with van der Waals surface area (Å²) in [6, 6.07) is 5.42. The molecule has 0 saturated heterocycles. The Balaban J connectivity index is 1.92. The van der Waals surface area contributed by atoms with E-state index in [1.807, 2.05) is 19.1 Å². The van der Waals surface area contributed by atoms with Gasteiger partial charge >= 0.3 is 0 Å². The number of hydrogen-bond acceptors (Lipinski definition) is 3. The number of carbonyl (C=O) groups is 3.